The molecule has 0 spiro atoms. The van der Waals surface area contributed by atoms with Crippen molar-refractivity contribution in [2.75, 3.05) is 35.2 Å². The third-order valence-corrected chi connectivity index (χ3v) is 5.95. The van der Waals surface area contributed by atoms with Crippen molar-refractivity contribution in [3.63, 3.8) is 0 Å². The molecule has 0 bridgehead atoms. The molecular weight excluding hydrogens is 376 g/mol. The normalized spacial score (nSPS) is 24.5. The topological polar surface area (TPSA) is 64.6 Å². The van der Waals surface area contributed by atoms with Crippen LogP contribution in [0.4, 0.5) is 0 Å². The molecular formula is C22H26O7. The van der Waals surface area contributed by atoms with Crippen LogP contribution in [-0.2, 0) is 4.74 Å². The SMILES string of the molecule is COc1ccc(C2c3cc4c(cc3OC(C)(OC)C2C)OCO4)c(OC)c1OC. The molecule has 2 heterocycles. The minimum absolute atomic E-state index is 0.0487. The van der Waals surface area contributed by atoms with Gasteiger partial charge in [0.2, 0.25) is 18.3 Å². The monoisotopic (exact) mass is 402 g/mol. The van der Waals surface area contributed by atoms with Gasteiger partial charge in [-0.05, 0) is 12.1 Å². The molecule has 0 N–H and O–H groups in total. The molecule has 0 aromatic heterocycles. The summed E-state index contributed by atoms with van der Waals surface area (Å²) in [6.45, 7) is 4.23. The number of benzene rings is 2. The van der Waals surface area contributed by atoms with E-state index >= 15 is 0 Å². The van der Waals surface area contributed by atoms with Crippen molar-refractivity contribution in [2.45, 2.75) is 25.6 Å². The lowest BCUT2D eigenvalue weighted by Crippen LogP contribution is -2.47. The van der Waals surface area contributed by atoms with Crippen molar-refractivity contribution < 1.29 is 33.2 Å². The van der Waals surface area contributed by atoms with E-state index < -0.39 is 5.79 Å². The smallest absolute Gasteiger partial charge is 0.231 e. The molecule has 0 aliphatic carbocycles. The van der Waals surface area contributed by atoms with Gasteiger partial charge < -0.3 is 33.2 Å². The molecule has 2 aromatic rings. The van der Waals surface area contributed by atoms with Crippen LogP contribution in [0.5, 0.6) is 34.5 Å². The molecule has 156 valence electrons. The maximum Gasteiger partial charge on any atom is 0.231 e. The van der Waals surface area contributed by atoms with Crippen LogP contribution in [-0.4, -0.2) is 41.0 Å². The highest BCUT2D eigenvalue weighted by Gasteiger charge is 2.47. The fourth-order valence-corrected chi connectivity index (χ4v) is 4.19. The second kappa shape index (κ2) is 7.22. The number of ether oxygens (including phenoxy) is 7. The second-order valence-corrected chi connectivity index (χ2v) is 7.26. The van der Waals surface area contributed by atoms with Crippen LogP contribution in [0.2, 0.25) is 0 Å². The molecule has 2 aliphatic heterocycles. The van der Waals surface area contributed by atoms with Gasteiger partial charge in [0, 0.05) is 43.1 Å². The van der Waals surface area contributed by atoms with E-state index in [0.717, 1.165) is 11.1 Å². The molecule has 2 aromatic carbocycles. The molecule has 4 rings (SSSR count). The summed E-state index contributed by atoms with van der Waals surface area (Å²) < 4.78 is 40.1. The zero-order chi connectivity index (χ0) is 20.8. The lowest BCUT2D eigenvalue weighted by atomic mass is 9.75. The van der Waals surface area contributed by atoms with Crippen LogP contribution in [0.1, 0.15) is 30.9 Å². The van der Waals surface area contributed by atoms with Crippen molar-refractivity contribution in [2.24, 2.45) is 5.92 Å². The average molecular weight is 402 g/mol. The molecule has 7 heteroatoms. The van der Waals surface area contributed by atoms with E-state index in [1.54, 1.807) is 28.4 Å². The summed E-state index contributed by atoms with van der Waals surface area (Å²) in [4.78, 5) is 0. The lowest BCUT2D eigenvalue weighted by Gasteiger charge is -2.44. The molecule has 3 unspecified atom stereocenters. The van der Waals surface area contributed by atoms with E-state index in [9.17, 15) is 0 Å². The Morgan fingerprint density at radius 3 is 2.17 bits per heavy atom. The van der Waals surface area contributed by atoms with Gasteiger partial charge in [0.05, 0.1) is 21.3 Å². The van der Waals surface area contributed by atoms with Gasteiger partial charge in [-0.25, -0.2) is 0 Å². The van der Waals surface area contributed by atoms with E-state index in [0.29, 0.717) is 34.5 Å². The highest BCUT2D eigenvalue weighted by molar-refractivity contribution is 5.62. The Kier molecular flexibility index (Phi) is 4.86. The molecule has 29 heavy (non-hydrogen) atoms. The van der Waals surface area contributed by atoms with E-state index in [1.807, 2.05) is 31.2 Å². The van der Waals surface area contributed by atoms with Gasteiger partial charge >= 0.3 is 0 Å². The molecule has 0 fully saturated rings. The minimum atomic E-state index is -0.844. The first-order valence-corrected chi connectivity index (χ1v) is 9.44. The van der Waals surface area contributed by atoms with Gasteiger partial charge in [-0.15, -0.1) is 0 Å². The number of hydrogen-bond donors (Lipinski definition) is 0. The lowest BCUT2D eigenvalue weighted by molar-refractivity contribution is -0.194. The van der Waals surface area contributed by atoms with Gasteiger partial charge in [0.25, 0.3) is 0 Å². The number of hydrogen-bond acceptors (Lipinski definition) is 7. The molecule has 0 radical (unpaired) electrons. The summed E-state index contributed by atoms with van der Waals surface area (Å²) in [6.07, 6.45) is 0. The number of rotatable bonds is 5. The summed E-state index contributed by atoms with van der Waals surface area (Å²) in [7, 11) is 6.48. The van der Waals surface area contributed by atoms with E-state index in [2.05, 4.69) is 6.92 Å². The quantitative estimate of drug-likeness (QED) is 0.750. The van der Waals surface area contributed by atoms with Crippen LogP contribution in [0.15, 0.2) is 24.3 Å². The maximum absolute atomic E-state index is 6.28. The molecule has 0 saturated carbocycles. The Morgan fingerprint density at radius 1 is 0.862 bits per heavy atom. The summed E-state index contributed by atoms with van der Waals surface area (Å²) in [5.74, 6) is 2.83. The largest absolute Gasteiger partial charge is 0.493 e. The molecule has 7 nitrogen and oxygen atoms in total. The summed E-state index contributed by atoms with van der Waals surface area (Å²) >= 11 is 0. The molecule has 0 amide bonds. The fraction of sp³-hybridized carbons (Fsp3) is 0.455. The van der Waals surface area contributed by atoms with Crippen LogP contribution < -0.4 is 28.4 Å². The predicted octanol–water partition coefficient (Wildman–Crippen LogP) is 3.96. The Labute approximate surface area is 170 Å². The average Bonchev–Trinajstić information content (AvgIpc) is 3.19. The van der Waals surface area contributed by atoms with E-state index in [4.69, 9.17) is 33.2 Å². The summed E-state index contributed by atoms with van der Waals surface area (Å²) in [5.41, 5.74) is 1.92. The fourth-order valence-electron chi connectivity index (χ4n) is 4.19. The maximum atomic E-state index is 6.28. The zero-order valence-corrected chi connectivity index (χ0v) is 17.5. The first-order valence-electron chi connectivity index (χ1n) is 9.44. The van der Waals surface area contributed by atoms with Crippen molar-refractivity contribution in [1.82, 2.24) is 0 Å². The highest BCUT2D eigenvalue weighted by atomic mass is 16.7. The molecule has 2 aliphatic rings. The third-order valence-electron chi connectivity index (χ3n) is 5.95. The molecule has 0 saturated heterocycles. The van der Waals surface area contributed by atoms with Gasteiger partial charge in [0.15, 0.2) is 23.0 Å². The van der Waals surface area contributed by atoms with Crippen LogP contribution >= 0.6 is 0 Å². The Balaban J connectivity index is 1.95. The van der Waals surface area contributed by atoms with Crippen LogP contribution in [0.3, 0.4) is 0 Å². The van der Waals surface area contributed by atoms with Crippen molar-refractivity contribution in [3.05, 3.63) is 35.4 Å². The van der Waals surface area contributed by atoms with Crippen LogP contribution in [0.25, 0.3) is 0 Å². The Hall–Kier alpha value is -2.80. The van der Waals surface area contributed by atoms with Crippen LogP contribution in [0, 0.1) is 5.92 Å². The van der Waals surface area contributed by atoms with Gasteiger partial charge in [0.1, 0.15) is 5.75 Å². The van der Waals surface area contributed by atoms with Gasteiger partial charge in [-0.3, -0.25) is 0 Å². The van der Waals surface area contributed by atoms with Gasteiger partial charge in [-0.1, -0.05) is 13.0 Å². The highest BCUT2D eigenvalue weighted by Crippen LogP contribution is 2.55. The molecule has 3 atom stereocenters. The number of methoxy groups -OCH3 is 4. The third kappa shape index (κ3) is 2.92. The number of fused-ring (bicyclic) bond motifs is 2. The Bertz CT molecular complexity index is 926. The summed E-state index contributed by atoms with van der Waals surface area (Å²) in [6, 6.07) is 7.72. The van der Waals surface area contributed by atoms with E-state index in [1.165, 1.54) is 0 Å². The first-order chi connectivity index (χ1) is 14.0. The Morgan fingerprint density at radius 2 is 1.55 bits per heavy atom. The zero-order valence-electron chi connectivity index (χ0n) is 17.5. The predicted molar refractivity (Wildman–Crippen MR) is 106 cm³/mol. The van der Waals surface area contributed by atoms with Gasteiger partial charge in [-0.2, -0.15) is 0 Å². The van der Waals surface area contributed by atoms with E-state index in [-0.39, 0.29) is 18.6 Å². The standard InChI is InChI=1S/C22H26O7/c1-12-19(13-7-8-15(23-3)21(25-5)20(13)24-4)14-9-17-18(28-11-27-17)10-16(14)29-22(12,2)26-6/h7-10,12,19H,11H2,1-6H3. The summed E-state index contributed by atoms with van der Waals surface area (Å²) in [5, 5.41) is 0. The van der Waals surface area contributed by atoms with Crippen molar-refractivity contribution in [1.29, 1.82) is 0 Å². The van der Waals surface area contributed by atoms with Crippen molar-refractivity contribution >= 4 is 0 Å². The second-order valence-electron chi connectivity index (χ2n) is 7.26. The van der Waals surface area contributed by atoms with Crippen molar-refractivity contribution in [3.8, 4) is 34.5 Å². The first kappa shape index (κ1) is 19.5. The minimum Gasteiger partial charge on any atom is -0.493 e.